The predicted molar refractivity (Wildman–Crippen MR) is 73.2 cm³/mol. The fraction of sp³-hybridized carbons (Fsp3) is 0.250. The number of hydrogen-bond acceptors (Lipinski definition) is 6. The summed E-state index contributed by atoms with van der Waals surface area (Å²) in [5.74, 6) is -0.233. The summed E-state index contributed by atoms with van der Waals surface area (Å²) in [6, 6.07) is 1.89. The van der Waals surface area contributed by atoms with E-state index in [4.69, 9.17) is 4.74 Å². The van der Waals surface area contributed by atoms with Gasteiger partial charge in [0.25, 0.3) is 10.0 Å². The van der Waals surface area contributed by atoms with E-state index in [1.165, 1.54) is 6.20 Å². The average Bonchev–Trinajstić information content (AvgIpc) is 2.47. The minimum absolute atomic E-state index is 0.0370. The Morgan fingerprint density at radius 3 is 2.70 bits per heavy atom. The molecule has 0 aliphatic carbocycles. The van der Waals surface area contributed by atoms with Crippen LogP contribution in [0.4, 0.5) is 19.0 Å². The largest absolute Gasteiger partial charge is 0.477 e. The molecule has 0 bridgehead atoms. The van der Waals surface area contributed by atoms with E-state index in [-0.39, 0.29) is 18.3 Å². The maximum absolute atomic E-state index is 12.9. The predicted octanol–water partition coefficient (Wildman–Crippen LogP) is 2.09. The molecule has 0 aliphatic heterocycles. The topological polar surface area (TPSA) is 94.1 Å². The maximum Gasteiger partial charge on any atom is 0.434 e. The van der Waals surface area contributed by atoms with E-state index in [0.29, 0.717) is 0 Å². The lowest BCUT2D eigenvalue weighted by atomic mass is 10.3. The van der Waals surface area contributed by atoms with Gasteiger partial charge in [-0.15, -0.1) is 0 Å². The van der Waals surface area contributed by atoms with Crippen molar-refractivity contribution >= 4 is 15.8 Å². The van der Waals surface area contributed by atoms with Crippen LogP contribution in [0.5, 0.6) is 5.88 Å². The monoisotopic (exact) mass is 348 g/mol. The molecule has 0 spiro atoms. The molecule has 2 rings (SSSR count). The van der Waals surface area contributed by atoms with Gasteiger partial charge in [-0.1, -0.05) is 0 Å². The molecule has 0 aromatic carbocycles. The molecule has 2 aromatic heterocycles. The van der Waals surface area contributed by atoms with Crippen LogP contribution >= 0.6 is 0 Å². The van der Waals surface area contributed by atoms with Gasteiger partial charge in [0.2, 0.25) is 5.88 Å². The molecule has 0 fully saturated rings. The molecule has 7 nitrogen and oxygen atoms in total. The molecule has 23 heavy (non-hydrogen) atoms. The van der Waals surface area contributed by atoms with Crippen LogP contribution in [-0.4, -0.2) is 30.0 Å². The van der Waals surface area contributed by atoms with Crippen LogP contribution in [-0.2, 0) is 16.2 Å². The van der Waals surface area contributed by atoms with Crippen LogP contribution in [0.25, 0.3) is 0 Å². The molecule has 1 N–H and O–H groups in total. The highest BCUT2D eigenvalue weighted by atomic mass is 32.2. The Kier molecular flexibility index (Phi) is 4.68. The lowest BCUT2D eigenvalue weighted by Crippen LogP contribution is -2.20. The molecule has 0 saturated carbocycles. The van der Waals surface area contributed by atoms with E-state index in [1.807, 2.05) is 4.72 Å². The summed E-state index contributed by atoms with van der Waals surface area (Å²) in [4.78, 5) is 9.58. The number of pyridine rings is 1. The molecule has 124 valence electrons. The lowest BCUT2D eigenvalue weighted by molar-refractivity contribution is -0.143. The zero-order chi connectivity index (χ0) is 17.1. The Morgan fingerprint density at radius 1 is 1.30 bits per heavy atom. The third-order valence-electron chi connectivity index (χ3n) is 2.47. The summed E-state index contributed by atoms with van der Waals surface area (Å²) >= 11 is 0. The maximum atomic E-state index is 12.9. The van der Waals surface area contributed by atoms with Gasteiger partial charge in [0.15, 0.2) is 11.5 Å². The highest BCUT2D eigenvalue weighted by Gasteiger charge is 2.39. The number of rotatable bonds is 5. The van der Waals surface area contributed by atoms with Crippen molar-refractivity contribution in [2.45, 2.75) is 18.0 Å². The Morgan fingerprint density at radius 2 is 2.04 bits per heavy atom. The number of nitrogens with one attached hydrogen (secondary N) is 1. The first-order valence-electron chi connectivity index (χ1n) is 6.24. The fourth-order valence-electron chi connectivity index (χ4n) is 1.63. The second-order valence-electron chi connectivity index (χ2n) is 4.13. The van der Waals surface area contributed by atoms with Crippen LogP contribution < -0.4 is 9.46 Å². The fourth-order valence-corrected chi connectivity index (χ4v) is 2.79. The first-order chi connectivity index (χ1) is 10.7. The molecule has 0 radical (unpaired) electrons. The van der Waals surface area contributed by atoms with E-state index in [2.05, 4.69) is 15.0 Å². The van der Waals surface area contributed by atoms with Gasteiger partial charge in [0.1, 0.15) is 4.90 Å². The number of ether oxygens (including phenoxy) is 1. The van der Waals surface area contributed by atoms with Crippen molar-refractivity contribution < 1.29 is 26.3 Å². The van der Waals surface area contributed by atoms with Crippen molar-refractivity contribution in [3.05, 3.63) is 36.4 Å². The average molecular weight is 348 g/mol. The third kappa shape index (κ3) is 4.06. The number of halogens is 3. The second kappa shape index (κ2) is 6.36. The number of hydrogen-bond donors (Lipinski definition) is 1. The van der Waals surface area contributed by atoms with Crippen molar-refractivity contribution in [3.63, 3.8) is 0 Å². The van der Waals surface area contributed by atoms with Crippen LogP contribution in [0.15, 0.2) is 35.6 Å². The smallest absolute Gasteiger partial charge is 0.434 e. The molecule has 0 amide bonds. The zero-order valence-electron chi connectivity index (χ0n) is 11.7. The molecule has 2 aromatic rings. The van der Waals surface area contributed by atoms with Crippen molar-refractivity contribution in [1.29, 1.82) is 0 Å². The number of sulfonamides is 1. The first kappa shape index (κ1) is 16.9. The van der Waals surface area contributed by atoms with Gasteiger partial charge in [0.05, 0.1) is 19.0 Å². The zero-order valence-corrected chi connectivity index (χ0v) is 12.5. The molecular formula is C12H11F3N4O3S. The van der Waals surface area contributed by atoms with Gasteiger partial charge in [-0.05, 0) is 19.1 Å². The third-order valence-corrected chi connectivity index (χ3v) is 3.86. The summed E-state index contributed by atoms with van der Waals surface area (Å²) in [5.41, 5.74) is -1.51. The Balaban J connectivity index is 2.39. The lowest BCUT2D eigenvalue weighted by Gasteiger charge is -2.13. The van der Waals surface area contributed by atoms with Crippen molar-refractivity contribution in [2.24, 2.45) is 0 Å². The Bertz CT molecular complexity index is 796. The van der Waals surface area contributed by atoms with Gasteiger partial charge in [-0.2, -0.15) is 18.2 Å². The molecular weight excluding hydrogens is 337 g/mol. The van der Waals surface area contributed by atoms with Crippen molar-refractivity contribution in [1.82, 2.24) is 15.0 Å². The SMILES string of the molecule is CCOc1cncc(NS(=O)(=O)c2cccnc2C(F)(F)F)n1. The van der Waals surface area contributed by atoms with Gasteiger partial charge < -0.3 is 4.74 Å². The number of aromatic nitrogens is 3. The van der Waals surface area contributed by atoms with Gasteiger partial charge >= 0.3 is 6.18 Å². The highest BCUT2D eigenvalue weighted by molar-refractivity contribution is 7.92. The quantitative estimate of drug-likeness (QED) is 0.889. The summed E-state index contributed by atoms with van der Waals surface area (Å²) in [6.45, 7) is 1.95. The number of nitrogens with zero attached hydrogens (tertiary/aromatic N) is 3. The van der Waals surface area contributed by atoms with E-state index in [1.54, 1.807) is 6.92 Å². The molecule has 0 aliphatic rings. The minimum atomic E-state index is -4.91. The Hall–Kier alpha value is -2.43. The van der Waals surface area contributed by atoms with Crippen molar-refractivity contribution in [2.75, 3.05) is 11.3 Å². The summed E-state index contributed by atoms with van der Waals surface area (Å²) in [7, 11) is -4.55. The van der Waals surface area contributed by atoms with Crippen molar-refractivity contribution in [3.8, 4) is 5.88 Å². The number of alkyl halides is 3. The first-order valence-corrected chi connectivity index (χ1v) is 7.72. The molecule has 2 heterocycles. The summed E-state index contributed by atoms with van der Waals surface area (Å²) in [6.07, 6.45) is -1.77. The second-order valence-corrected chi connectivity index (χ2v) is 5.78. The molecule has 11 heteroatoms. The summed E-state index contributed by atoms with van der Waals surface area (Å²) in [5, 5.41) is 0. The van der Waals surface area contributed by atoms with Gasteiger partial charge in [-0.3, -0.25) is 14.7 Å². The van der Waals surface area contributed by atoms with Crippen LogP contribution in [0.2, 0.25) is 0 Å². The van der Waals surface area contributed by atoms with Crippen LogP contribution in [0, 0.1) is 0 Å². The normalized spacial score (nSPS) is 12.0. The van der Waals surface area contributed by atoms with Gasteiger partial charge in [-0.25, -0.2) is 8.42 Å². The standard InChI is InChI=1S/C12H11F3N4O3S/c1-2-22-10-7-16-6-9(18-10)19-23(20,21)8-4-3-5-17-11(8)12(13,14)15/h3-7H,2H2,1H3,(H,18,19). The van der Waals surface area contributed by atoms with E-state index in [9.17, 15) is 21.6 Å². The van der Waals surface area contributed by atoms with E-state index >= 15 is 0 Å². The van der Waals surface area contributed by atoms with Crippen LogP contribution in [0.1, 0.15) is 12.6 Å². The number of anilines is 1. The molecule has 0 unspecified atom stereocenters. The van der Waals surface area contributed by atoms with Gasteiger partial charge in [0, 0.05) is 6.20 Å². The Labute approximate surface area is 129 Å². The molecule has 0 atom stereocenters. The highest BCUT2D eigenvalue weighted by Crippen LogP contribution is 2.32. The van der Waals surface area contributed by atoms with E-state index < -0.39 is 26.8 Å². The van der Waals surface area contributed by atoms with E-state index in [0.717, 1.165) is 24.5 Å². The van der Waals surface area contributed by atoms with Crippen LogP contribution in [0.3, 0.4) is 0 Å². The minimum Gasteiger partial charge on any atom is -0.477 e. The molecule has 0 saturated heterocycles. The summed E-state index contributed by atoms with van der Waals surface area (Å²) < 4.78 is 70.0.